The molecule has 3 aromatic rings. The Bertz CT molecular complexity index is 995. The first-order valence-electron chi connectivity index (χ1n) is 10.4. The Labute approximate surface area is 184 Å². The van der Waals surface area contributed by atoms with Gasteiger partial charge in [0.25, 0.3) is 0 Å². The molecule has 3 rings (SSSR count). The number of aryl methyl sites for hydroxylation is 1. The topological polar surface area (TPSA) is 37.3 Å². The summed E-state index contributed by atoms with van der Waals surface area (Å²) >= 11 is 6.14. The highest BCUT2D eigenvalue weighted by Gasteiger charge is 2.24. The molecule has 0 saturated heterocycles. The smallest absolute Gasteiger partial charge is 0.322 e. The molecule has 0 bridgehead atoms. The van der Waals surface area contributed by atoms with Gasteiger partial charge in [0.2, 0.25) is 0 Å². The fraction of sp³-hybridized carbons (Fsp3) is 0.320. The van der Waals surface area contributed by atoms with Crippen LogP contribution in [-0.2, 0) is 13.1 Å². The highest BCUT2D eigenvalue weighted by Crippen LogP contribution is 2.19. The second-order valence-corrected chi connectivity index (χ2v) is 8.61. The van der Waals surface area contributed by atoms with Gasteiger partial charge in [0.05, 0.1) is 6.54 Å². The average Bonchev–Trinajstić information content (AvgIpc) is 3.12. The van der Waals surface area contributed by atoms with E-state index in [9.17, 15) is 4.79 Å². The third kappa shape index (κ3) is 5.67. The zero-order valence-electron chi connectivity index (χ0n) is 18.1. The summed E-state index contributed by atoms with van der Waals surface area (Å²) in [5, 5.41) is 3.80. The molecule has 2 aromatic carbocycles. The van der Waals surface area contributed by atoms with Crippen LogP contribution in [0.5, 0.6) is 0 Å². The first-order valence-corrected chi connectivity index (χ1v) is 10.7. The van der Waals surface area contributed by atoms with Gasteiger partial charge in [-0.1, -0.05) is 49.7 Å². The Morgan fingerprint density at radius 2 is 1.83 bits per heavy atom. The minimum atomic E-state index is -0.0858. The van der Waals surface area contributed by atoms with Gasteiger partial charge in [-0.05, 0) is 67.3 Å². The minimum absolute atomic E-state index is 0.0858. The average molecular weight is 424 g/mol. The van der Waals surface area contributed by atoms with Crippen LogP contribution in [0, 0.1) is 12.8 Å². The van der Waals surface area contributed by atoms with E-state index in [1.165, 1.54) is 0 Å². The van der Waals surface area contributed by atoms with Gasteiger partial charge < -0.3 is 14.8 Å². The van der Waals surface area contributed by atoms with Gasteiger partial charge in [-0.3, -0.25) is 0 Å². The second-order valence-electron chi connectivity index (χ2n) is 8.17. The summed E-state index contributed by atoms with van der Waals surface area (Å²) in [5.74, 6) is 0.338. The number of hydrogen-bond acceptors (Lipinski definition) is 1. The van der Waals surface area contributed by atoms with Crippen LogP contribution in [-0.4, -0.2) is 21.5 Å². The van der Waals surface area contributed by atoms with Crippen LogP contribution < -0.4 is 5.32 Å². The number of carbonyl (C=O) groups excluding carboxylic acids is 1. The molecule has 4 nitrogen and oxygen atoms in total. The van der Waals surface area contributed by atoms with Crippen LogP contribution in [0.2, 0.25) is 5.02 Å². The van der Waals surface area contributed by atoms with Crippen molar-refractivity contribution in [1.29, 1.82) is 0 Å². The van der Waals surface area contributed by atoms with Gasteiger partial charge in [0, 0.05) is 35.2 Å². The molecule has 0 aliphatic rings. The van der Waals surface area contributed by atoms with Gasteiger partial charge in [0.15, 0.2) is 0 Å². The lowest BCUT2D eigenvalue weighted by molar-refractivity contribution is 0.168. The fourth-order valence-electron chi connectivity index (χ4n) is 3.43. The summed E-state index contributed by atoms with van der Waals surface area (Å²) < 4.78 is 2.17. The molecule has 158 valence electrons. The van der Waals surface area contributed by atoms with E-state index in [-0.39, 0.29) is 12.1 Å². The largest absolute Gasteiger partial charge is 0.345 e. The van der Waals surface area contributed by atoms with Crippen molar-refractivity contribution >= 4 is 23.3 Å². The normalized spacial score (nSPS) is 12.1. The molecule has 0 spiro atoms. The number of anilines is 1. The third-order valence-corrected chi connectivity index (χ3v) is 5.72. The Balaban J connectivity index is 1.80. The van der Waals surface area contributed by atoms with E-state index in [0.29, 0.717) is 19.0 Å². The van der Waals surface area contributed by atoms with E-state index in [1.807, 2.05) is 66.6 Å². The Morgan fingerprint density at radius 1 is 1.07 bits per heavy atom. The summed E-state index contributed by atoms with van der Waals surface area (Å²) in [6.45, 7) is 9.65. The highest BCUT2D eigenvalue weighted by molar-refractivity contribution is 6.30. The van der Waals surface area contributed by atoms with Crippen molar-refractivity contribution in [3.63, 3.8) is 0 Å². The molecule has 5 heteroatoms. The molecule has 2 amide bonds. The molecule has 1 heterocycles. The summed E-state index contributed by atoms with van der Waals surface area (Å²) in [4.78, 5) is 15.1. The third-order valence-electron chi connectivity index (χ3n) is 5.48. The molecular formula is C25H30ClN3O. The van der Waals surface area contributed by atoms with Gasteiger partial charge in [-0.25, -0.2) is 4.79 Å². The van der Waals surface area contributed by atoms with E-state index in [4.69, 9.17) is 11.6 Å². The Kier molecular flexibility index (Phi) is 7.22. The summed E-state index contributed by atoms with van der Waals surface area (Å²) in [7, 11) is 0. The fourth-order valence-corrected chi connectivity index (χ4v) is 3.65. The molecule has 0 aliphatic heterocycles. The Hall–Kier alpha value is -2.72. The molecule has 1 N–H and O–H groups in total. The summed E-state index contributed by atoms with van der Waals surface area (Å²) in [6, 6.07) is 19.9. The second kappa shape index (κ2) is 9.86. The van der Waals surface area contributed by atoms with Crippen molar-refractivity contribution in [1.82, 2.24) is 9.47 Å². The number of halogens is 1. The first-order chi connectivity index (χ1) is 14.3. The van der Waals surface area contributed by atoms with Crippen LogP contribution in [0.15, 0.2) is 66.9 Å². The van der Waals surface area contributed by atoms with E-state index < -0.39 is 0 Å². The van der Waals surface area contributed by atoms with Gasteiger partial charge in [-0.15, -0.1) is 0 Å². The molecule has 0 radical (unpaired) electrons. The lowest BCUT2D eigenvalue weighted by atomic mass is 10.0. The van der Waals surface area contributed by atoms with Crippen molar-refractivity contribution in [3.8, 4) is 0 Å². The lowest BCUT2D eigenvalue weighted by Crippen LogP contribution is -2.43. The van der Waals surface area contributed by atoms with Crippen molar-refractivity contribution in [2.24, 2.45) is 5.92 Å². The summed E-state index contributed by atoms with van der Waals surface area (Å²) in [6.07, 6.45) is 2.05. The maximum Gasteiger partial charge on any atom is 0.322 e. The monoisotopic (exact) mass is 423 g/mol. The number of benzene rings is 2. The van der Waals surface area contributed by atoms with Crippen LogP contribution >= 0.6 is 11.6 Å². The van der Waals surface area contributed by atoms with Crippen molar-refractivity contribution in [2.75, 3.05) is 5.32 Å². The van der Waals surface area contributed by atoms with Crippen LogP contribution in [0.25, 0.3) is 0 Å². The number of urea groups is 1. The first kappa shape index (κ1) is 22.0. The predicted octanol–water partition coefficient (Wildman–Crippen LogP) is 6.58. The number of aromatic nitrogens is 1. The standard InChI is InChI=1S/C25H30ClN3O/c1-18(2)20(4)29(25(30)27-23-11-5-8-19(3)14-23)17-24-12-7-13-28(24)16-21-9-6-10-22(26)15-21/h5-15,18,20H,16-17H2,1-4H3,(H,27,30)/t20-/m1/s1. The van der Waals surface area contributed by atoms with Crippen molar-refractivity contribution in [2.45, 2.75) is 46.8 Å². The molecule has 0 unspecified atom stereocenters. The maximum absolute atomic E-state index is 13.2. The van der Waals surface area contributed by atoms with Crippen LogP contribution in [0.4, 0.5) is 10.5 Å². The molecule has 0 saturated carbocycles. The van der Waals surface area contributed by atoms with E-state index in [2.05, 4.69) is 42.8 Å². The van der Waals surface area contributed by atoms with E-state index in [1.54, 1.807) is 0 Å². The number of nitrogens with one attached hydrogen (secondary N) is 1. The van der Waals surface area contributed by atoms with Crippen molar-refractivity contribution < 1.29 is 4.79 Å². The van der Waals surface area contributed by atoms with Crippen molar-refractivity contribution in [3.05, 3.63) is 88.7 Å². The number of rotatable bonds is 7. The predicted molar refractivity (Wildman–Crippen MR) is 125 cm³/mol. The highest BCUT2D eigenvalue weighted by atomic mass is 35.5. The van der Waals surface area contributed by atoms with E-state index >= 15 is 0 Å². The quantitative estimate of drug-likeness (QED) is 0.458. The van der Waals surface area contributed by atoms with Gasteiger partial charge in [0.1, 0.15) is 0 Å². The molecule has 1 atom stereocenters. The number of nitrogens with zero attached hydrogens (tertiary/aromatic N) is 2. The van der Waals surface area contributed by atoms with E-state index in [0.717, 1.165) is 27.5 Å². The molecule has 30 heavy (non-hydrogen) atoms. The minimum Gasteiger partial charge on any atom is -0.345 e. The summed E-state index contributed by atoms with van der Waals surface area (Å²) in [5.41, 5.74) is 4.15. The van der Waals surface area contributed by atoms with Crippen LogP contribution in [0.1, 0.15) is 37.6 Å². The maximum atomic E-state index is 13.2. The van der Waals surface area contributed by atoms with Crippen LogP contribution in [0.3, 0.4) is 0 Å². The molecular weight excluding hydrogens is 394 g/mol. The molecule has 0 aliphatic carbocycles. The van der Waals surface area contributed by atoms with Gasteiger partial charge >= 0.3 is 6.03 Å². The zero-order chi connectivity index (χ0) is 21.7. The zero-order valence-corrected chi connectivity index (χ0v) is 18.9. The molecule has 0 fully saturated rings. The Morgan fingerprint density at radius 3 is 2.53 bits per heavy atom. The SMILES string of the molecule is Cc1cccc(NC(=O)N(Cc2cccn2Cc2cccc(Cl)c2)[C@H](C)C(C)C)c1. The van der Waals surface area contributed by atoms with Gasteiger partial charge in [-0.2, -0.15) is 0 Å². The molecule has 1 aromatic heterocycles. The number of amides is 2. The number of hydrogen-bond donors (Lipinski definition) is 1. The lowest BCUT2D eigenvalue weighted by Gasteiger charge is -2.32. The number of carbonyl (C=O) groups is 1.